The molecule has 0 aliphatic rings. The Bertz CT molecular complexity index is 1610. The molecule has 0 bridgehead atoms. The largest absolute Gasteiger partial charge is 0.487 e. The quantitative estimate of drug-likeness (QED) is 0.202. The van der Waals surface area contributed by atoms with E-state index in [9.17, 15) is 22.3 Å². The van der Waals surface area contributed by atoms with E-state index in [1.165, 1.54) is 0 Å². The first-order valence-corrected chi connectivity index (χ1v) is 14.9. The summed E-state index contributed by atoms with van der Waals surface area (Å²) in [5, 5.41) is 16.6. The Morgan fingerprint density at radius 3 is 2.50 bits per heavy atom. The molecule has 0 saturated carbocycles. The molecule has 2 heterocycles. The number of nitriles is 1. The molecule has 0 amide bonds. The van der Waals surface area contributed by atoms with Gasteiger partial charge in [0, 0.05) is 23.8 Å². The summed E-state index contributed by atoms with van der Waals surface area (Å²) in [7, 11) is -8.86. The van der Waals surface area contributed by atoms with Gasteiger partial charge in [-0.15, -0.1) is 10.2 Å². The van der Waals surface area contributed by atoms with Gasteiger partial charge in [-0.1, -0.05) is 17.4 Å². The molecule has 1 atom stereocenters. The molecule has 4 rings (SSSR count). The first kappa shape index (κ1) is 27.3. The molecule has 0 aliphatic heterocycles. The van der Waals surface area contributed by atoms with E-state index in [1.54, 1.807) is 30.3 Å². The zero-order valence-corrected chi connectivity index (χ0v) is 22.0. The molecule has 2 aromatic heterocycles. The SMILES string of the molecule is N#Cc1ccc(OP(=O)(O)CNS(=O)(=O)c2nnc(-c3ccc(OCC[n+]4ccccc4)cc3)s2)cc1F. The van der Waals surface area contributed by atoms with E-state index in [1.807, 2.05) is 39.9 Å². The molecule has 1 unspecified atom stereocenters. The molecule has 0 aliphatic carbocycles. The first-order valence-electron chi connectivity index (χ1n) is 10.9. The van der Waals surface area contributed by atoms with Crippen molar-refractivity contribution in [3.05, 3.63) is 84.4 Å². The van der Waals surface area contributed by atoms with Crippen LogP contribution in [-0.2, 0) is 21.1 Å². The van der Waals surface area contributed by atoms with Gasteiger partial charge in [0.25, 0.3) is 10.0 Å². The number of aromatic nitrogens is 3. The van der Waals surface area contributed by atoms with Crippen molar-refractivity contribution in [3.63, 3.8) is 0 Å². The van der Waals surface area contributed by atoms with E-state index in [2.05, 4.69) is 10.2 Å². The molecule has 0 saturated heterocycles. The van der Waals surface area contributed by atoms with Crippen molar-refractivity contribution in [2.75, 3.05) is 12.9 Å². The third-order valence-electron chi connectivity index (χ3n) is 4.90. The fraction of sp³-hybridized carbons (Fsp3) is 0.130. The Labute approximate surface area is 221 Å². The second kappa shape index (κ2) is 11.8. The molecular formula is C23H20FN5O6PS2+. The minimum absolute atomic E-state index is 0.276. The normalized spacial score (nSPS) is 12.9. The molecule has 2 aromatic carbocycles. The molecule has 38 heavy (non-hydrogen) atoms. The lowest BCUT2D eigenvalue weighted by Gasteiger charge is -2.13. The van der Waals surface area contributed by atoms with Crippen LogP contribution in [-0.4, -0.2) is 36.4 Å². The second-order valence-electron chi connectivity index (χ2n) is 7.65. The van der Waals surface area contributed by atoms with E-state index >= 15 is 0 Å². The maximum absolute atomic E-state index is 13.7. The fourth-order valence-corrected chi connectivity index (χ4v) is 6.60. The van der Waals surface area contributed by atoms with E-state index in [0.717, 1.165) is 29.5 Å². The Kier molecular flexibility index (Phi) is 8.45. The number of hydrogen-bond acceptors (Lipinski definition) is 9. The number of nitrogens with one attached hydrogen (secondary N) is 1. The average Bonchev–Trinajstić information content (AvgIpc) is 3.40. The molecule has 4 aromatic rings. The van der Waals surface area contributed by atoms with Crippen molar-refractivity contribution in [2.45, 2.75) is 10.9 Å². The molecule has 0 radical (unpaired) electrons. The zero-order valence-electron chi connectivity index (χ0n) is 19.5. The Balaban J connectivity index is 1.34. The van der Waals surface area contributed by atoms with Crippen LogP contribution in [0.4, 0.5) is 4.39 Å². The summed E-state index contributed by atoms with van der Waals surface area (Å²) in [6, 6.07) is 17.2. The number of ether oxygens (including phenoxy) is 1. The minimum Gasteiger partial charge on any atom is -0.487 e. The molecule has 2 N–H and O–H groups in total. The highest BCUT2D eigenvalue weighted by molar-refractivity contribution is 7.91. The van der Waals surface area contributed by atoms with Crippen LogP contribution in [0.5, 0.6) is 11.5 Å². The zero-order chi connectivity index (χ0) is 27.2. The third kappa shape index (κ3) is 7.18. The number of benzene rings is 2. The molecule has 196 valence electrons. The van der Waals surface area contributed by atoms with Crippen molar-refractivity contribution in [3.8, 4) is 28.1 Å². The molecule has 0 fully saturated rings. The highest BCUT2D eigenvalue weighted by Crippen LogP contribution is 2.42. The Morgan fingerprint density at radius 2 is 1.82 bits per heavy atom. The van der Waals surface area contributed by atoms with Crippen LogP contribution >= 0.6 is 18.9 Å². The summed E-state index contributed by atoms with van der Waals surface area (Å²) in [4.78, 5) is 10.0. The lowest BCUT2D eigenvalue weighted by atomic mass is 10.2. The Morgan fingerprint density at radius 1 is 1.11 bits per heavy atom. The van der Waals surface area contributed by atoms with Gasteiger partial charge in [0.2, 0.25) is 4.34 Å². The minimum atomic E-state index is -4.56. The lowest BCUT2D eigenvalue weighted by Crippen LogP contribution is -2.35. The summed E-state index contributed by atoms with van der Waals surface area (Å²) in [6.45, 7) is 1.13. The number of halogens is 1. The number of pyridine rings is 1. The number of rotatable bonds is 11. The van der Waals surface area contributed by atoms with Crippen LogP contribution in [0.25, 0.3) is 10.6 Å². The van der Waals surface area contributed by atoms with E-state index < -0.39 is 34.1 Å². The topological polar surface area (TPSA) is 155 Å². The summed E-state index contributed by atoms with van der Waals surface area (Å²) >= 11 is 0.765. The first-order chi connectivity index (χ1) is 18.1. The van der Waals surface area contributed by atoms with Crippen molar-refractivity contribution in [2.24, 2.45) is 0 Å². The van der Waals surface area contributed by atoms with Gasteiger partial charge >= 0.3 is 7.60 Å². The van der Waals surface area contributed by atoms with Gasteiger partial charge in [-0.25, -0.2) is 21.9 Å². The maximum Gasteiger partial charge on any atom is 0.391 e. The monoisotopic (exact) mass is 576 g/mol. The van der Waals surface area contributed by atoms with Crippen LogP contribution in [0.3, 0.4) is 0 Å². The summed E-state index contributed by atoms with van der Waals surface area (Å²) in [5.41, 5.74) is 0.329. The smallest absolute Gasteiger partial charge is 0.391 e. The number of sulfonamides is 1. The van der Waals surface area contributed by atoms with Gasteiger partial charge in [-0.3, -0.25) is 0 Å². The maximum atomic E-state index is 13.7. The summed E-state index contributed by atoms with van der Waals surface area (Å²) in [5.74, 6) is -0.654. The summed E-state index contributed by atoms with van der Waals surface area (Å²) in [6.07, 6.45) is 2.87. The van der Waals surface area contributed by atoms with Gasteiger partial charge in [0.15, 0.2) is 18.9 Å². The Hall–Kier alpha value is -3.73. The van der Waals surface area contributed by atoms with E-state index in [0.29, 0.717) is 29.5 Å². The van der Waals surface area contributed by atoms with Crippen molar-refractivity contribution >= 4 is 29.0 Å². The molecular weight excluding hydrogens is 556 g/mol. The van der Waals surface area contributed by atoms with Crippen LogP contribution < -0.4 is 18.5 Å². The van der Waals surface area contributed by atoms with Crippen molar-refractivity contribution < 1.29 is 36.1 Å². The van der Waals surface area contributed by atoms with Crippen molar-refractivity contribution in [1.29, 1.82) is 5.26 Å². The van der Waals surface area contributed by atoms with E-state index in [4.69, 9.17) is 14.5 Å². The van der Waals surface area contributed by atoms with E-state index in [-0.39, 0.29) is 11.3 Å². The third-order valence-corrected chi connectivity index (χ3v) is 8.91. The molecule has 15 heteroatoms. The van der Waals surface area contributed by atoms with Crippen LogP contribution in [0.15, 0.2) is 77.4 Å². The standard InChI is InChI=1S/C23H19FN5O6PS2/c24-21-14-20(9-6-18(21)15-25)35-36(30,31)16-26-38(32,33)23-28-27-22(37-23)17-4-7-19(8-5-17)34-13-12-29-10-2-1-3-11-29/h1-11,14,26H,12-13,16H2/p+1. The highest BCUT2D eigenvalue weighted by Gasteiger charge is 2.28. The van der Waals surface area contributed by atoms with Gasteiger partial charge in [0.1, 0.15) is 41.3 Å². The fourth-order valence-electron chi connectivity index (χ4n) is 3.05. The predicted octanol–water partition coefficient (Wildman–Crippen LogP) is 3.08. The lowest BCUT2D eigenvalue weighted by molar-refractivity contribution is -0.697. The number of hydrogen-bond donors (Lipinski definition) is 2. The van der Waals surface area contributed by atoms with Crippen LogP contribution in [0.1, 0.15) is 5.56 Å². The van der Waals surface area contributed by atoms with Gasteiger partial charge in [0.05, 0.1) is 5.56 Å². The highest BCUT2D eigenvalue weighted by atomic mass is 32.2. The van der Waals surface area contributed by atoms with Gasteiger partial charge in [-0.2, -0.15) is 9.98 Å². The van der Waals surface area contributed by atoms with Crippen LogP contribution in [0.2, 0.25) is 0 Å². The molecule has 0 spiro atoms. The predicted molar refractivity (Wildman–Crippen MR) is 134 cm³/mol. The molecule has 11 nitrogen and oxygen atoms in total. The van der Waals surface area contributed by atoms with Crippen LogP contribution in [0, 0.1) is 17.1 Å². The summed E-state index contributed by atoms with van der Waals surface area (Å²) < 4.78 is 65.3. The number of nitrogens with zero attached hydrogens (tertiary/aromatic N) is 4. The van der Waals surface area contributed by atoms with Gasteiger partial charge < -0.3 is 14.2 Å². The van der Waals surface area contributed by atoms with Crippen molar-refractivity contribution in [1.82, 2.24) is 14.9 Å². The van der Waals surface area contributed by atoms with Gasteiger partial charge in [-0.05, 0) is 36.4 Å². The second-order valence-corrected chi connectivity index (χ2v) is 12.3. The average molecular weight is 577 g/mol.